The number of anilines is 1. The highest BCUT2D eigenvalue weighted by Gasteiger charge is 2.17. The summed E-state index contributed by atoms with van der Waals surface area (Å²) in [4.78, 5) is 12.0. The maximum atomic E-state index is 12.0. The Labute approximate surface area is 124 Å². The van der Waals surface area contributed by atoms with Crippen molar-refractivity contribution in [3.63, 3.8) is 0 Å². The van der Waals surface area contributed by atoms with Crippen LogP contribution < -0.4 is 10.0 Å². The van der Waals surface area contributed by atoms with E-state index in [0.29, 0.717) is 23.4 Å². The number of aryl methyl sites for hydroxylation is 1. The van der Waals surface area contributed by atoms with Gasteiger partial charge in [0.25, 0.3) is 5.91 Å². The van der Waals surface area contributed by atoms with E-state index in [9.17, 15) is 13.2 Å². The lowest BCUT2D eigenvalue weighted by Gasteiger charge is -2.12. The first kappa shape index (κ1) is 15.8. The van der Waals surface area contributed by atoms with Gasteiger partial charge in [0.05, 0.1) is 18.0 Å². The van der Waals surface area contributed by atoms with Crippen LogP contribution in [0.3, 0.4) is 0 Å². The van der Waals surface area contributed by atoms with E-state index in [2.05, 4.69) is 10.0 Å². The zero-order valence-electron chi connectivity index (χ0n) is 12.2. The third-order valence-electron chi connectivity index (χ3n) is 3.30. The van der Waals surface area contributed by atoms with Crippen molar-refractivity contribution >= 4 is 21.6 Å². The minimum atomic E-state index is -3.32. The number of amides is 1. The summed E-state index contributed by atoms with van der Waals surface area (Å²) in [6, 6.07) is 4.86. The molecule has 1 atom stereocenters. The van der Waals surface area contributed by atoms with Crippen LogP contribution in [0.4, 0.5) is 5.69 Å². The van der Waals surface area contributed by atoms with Gasteiger partial charge in [-0.2, -0.15) is 0 Å². The van der Waals surface area contributed by atoms with Gasteiger partial charge >= 0.3 is 0 Å². The summed E-state index contributed by atoms with van der Waals surface area (Å²) < 4.78 is 30.3. The molecule has 1 aromatic carbocycles. The quantitative estimate of drug-likeness (QED) is 0.857. The van der Waals surface area contributed by atoms with Gasteiger partial charge in [-0.15, -0.1) is 0 Å². The van der Waals surface area contributed by atoms with Gasteiger partial charge in [-0.3, -0.25) is 9.52 Å². The first-order valence-electron chi connectivity index (χ1n) is 6.83. The van der Waals surface area contributed by atoms with Gasteiger partial charge in [0.2, 0.25) is 10.0 Å². The Morgan fingerprint density at radius 1 is 1.43 bits per heavy atom. The molecule has 0 aliphatic carbocycles. The predicted octanol–water partition coefficient (Wildman–Crippen LogP) is 1.28. The fourth-order valence-corrected chi connectivity index (χ4v) is 2.86. The van der Waals surface area contributed by atoms with Gasteiger partial charge in [-0.05, 0) is 43.5 Å². The highest BCUT2D eigenvalue weighted by Crippen LogP contribution is 2.18. The van der Waals surface area contributed by atoms with E-state index < -0.39 is 10.0 Å². The van der Waals surface area contributed by atoms with E-state index >= 15 is 0 Å². The SMILES string of the molecule is Cc1cc(C(=O)NCC2CCCO2)ccc1NS(C)(=O)=O. The normalized spacial score (nSPS) is 18.5. The molecule has 1 saturated heterocycles. The topological polar surface area (TPSA) is 84.5 Å². The van der Waals surface area contributed by atoms with Crippen LogP contribution in [0, 0.1) is 6.92 Å². The van der Waals surface area contributed by atoms with E-state index in [0.717, 1.165) is 25.7 Å². The summed E-state index contributed by atoms with van der Waals surface area (Å²) in [6.07, 6.45) is 3.19. The van der Waals surface area contributed by atoms with Gasteiger partial charge in [0.1, 0.15) is 0 Å². The van der Waals surface area contributed by atoms with Crippen molar-refractivity contribution in [2.75, 3.05) is 24.1 Å². The standard InChI is InChI=1S/C14H20N2O4S/c1-10-8-11(5-6-13(10)16-21(2,18)19)14(17)15-9-12-4-3-7-20-12/h5-6,8,12,16H,3-4,7,9H2,1-2H3,(H,15,17). The van der Waals surface area contributed by atoms with Crippen LogP contribution in [0.25, 0.3) is 0 Å². The molecule has 2 N–H and O–H groups in total. The summed E-state index contributed by atoms with van der Waals surface area (Å²) in [5.41, 5.74) is 1.68. The Balaban J connectivity index is 1.99. The van der Waals surface area contributed by atoms with Crippen LogP contribution in [-0.4, -0.2) is 39.8 Å². The number of hydrogen-bond acceptors (Lipinski definition) is 4. The van der Waals surface area contributed by atoms with E-state index in [4.69, 9.17) is 4.74 Å². The summed E-state index contributed by atoms with van der Waals surface area (Å²) >= 11 is 0. The molecular formula is C14H20N2O4S. The summed E-state index contributed by atoms with van der Waals surface area (Å²) in [7, 11) is -3.32. The maximum Gasteiger partial charge on any atom is 0.251 e. The van der Waals surface area contributed by atoms with Gasteiger partial charge in [0.15, 0.2) is 0 Å². The average molecular weight is 312 g/mol. The van der Waals surface area contributed by atoms with Crippen molar-refractivity contribution in [3.8, 4) is 0 Å². The average Bonchev–Trinajstić information content (AvgIpc) is 2.90. The first-order valence-corrected chi connectivity index (χ1v) is 8.72. The van der Waals surface area contributed by atoms with Crippen molar-refractivity contribution in [3.05, 3.63) is 29.3 Å². The van der Waals surface area contributed by atoms with E-state index in [1.165, 1.54) is 0 Å². The van der Waals surface area contributed by atoms with Gasteiger partial charge in [-0.1, -0.05) is 0 Å². The van der Waals surface area contributed by atoms with Crippen molar-refractivity contribution in [2.24, 2.45) is 0 Å². The van der Waals surface area contributed by atoms with Crippen LogP contribution in [-0.2, 0) is 14.8 Å². The largest absolute Gasteiger partial charge is 0.376 e. The Bertz CT molecular complexity index is 622. The van der Waals surface area contributed by atoms with Crippen molar-refractivity contribution in [1.82, 2.24) is 5.32 Å². The van der Waals surface area contributed by atoms with Crippen LogP contribution in [0.15, 0.2) is 18.2 Å². The molecule has 1 heterocycles. The first-order chi connectivity index (χ1) is 9.85. The van der Waals surface area contributed by atoms with Crippen LogP contribution >= 0.6 is 0 Å². The highest BCUT2D eigenvalue weighted by atomic mass is 32.2. The second-order valence-electron chi connectivity index (χ2n) is 5.25. The Morgan fingerprint density at radius 3 is 2.76 bits per heavy atom. The number of carbonyl (C=O) groups excluding carboxylic acids is 1. The van der Waals surface area contributed by atoms with E-state index in [1.54, 1.807) is 25.1 Å². The summed E-state index contributed by atoms with van der Waals surface area (Å²) in [5.74, 6) is -0.181. The molecule has 1 aliphatic rings. The molecule has 0 radical (unpaired) electrons. The predicted molar refractivity (Wildman–Crippen MR) is 81.0 cm³/mol. The van der Waals surface area contributed by atoms with Crippen molar-refractivity contribution in [2.45, 2.75) is 25.9 Å². The highest BCUT2D eigenvalue weighted by molar-refractivity contribution is 7.92. The third-order valence-corrected chi connectivity index (χ3v) is 3.89. The minimum Gasteiger partial charge on any atom is -0.376 e. The van der Waals surface area contributed by atoms with Crippen LogP contribution in [0.5, 0.6) is 0 Å². The summed E-state index contributed by atoms with van der Waals surface area (Å²) in [6.45, 7) is 3.01. The molecule has 2 rings (SSSR count). The maximum absolute atomic E-state index is 12.0. The molecule has 6 nitrogen and oxygen atoms in total. The summed E-state index contributed by atoms with van der Waals surface area (Å²) in [5, 5.41) is 2.83. The zero-order valence-corrected chi connectivity index (χ0v) is 13.0. The molecule has 0 spiro atoms. The third kappa shape index (κ3) is 4.71. The number of carbonyl (C=O) groups is 1. The van der Waals surface area contributed by atoms with E-state index in [-0.39, 0.29) is 12.0 Å². The molecule has 1 fully saturated rings. The molecule has 1 aliphatic heterocycles. The second-order valence-corrected chi connectivity index (χ2v) is 7.00. The molecular weight excluding hydrogens is 292 g/mol. The lowest BCUT2D eigenvalue weighted by atomic mass is 10.1. The molecule has 1 amide bonds. The number of sulfonamides is 1. The molecule has 116 valence electrons. The Hall–Kier alpha value is -1.60. The smallest absolute Gasteiger partial charge is 0.251 e. The molecule has 21 heavy (non-hydrogen) atoms. The van der Waals surface area contributed by atoms with Gasteiger partial charge in [0, 0.05) is 18.7 Å². The lowest BCUT2D eigenvalue weighted by molar-refractivity contribution is 0.0857. The monoisotopic (exact) mass is 312 g/mol. The second kappa shape index (κ2) is 6.44. The van der Waals surface area contributed by atoms with Gasteiger partial charge < -0.3 is 10.1 Å². The molecule has 7 heteroatoms. The molecule has 0 saturated carbocycles. The van der Waals surface area contributed by atoms with Crippen molar-refractivity contribution in [1.29, 1.82) is 0 Å². The Morgan fingerprint density at radius 2 is 2.19 bits per heavy atom. The van der Waals surface area contributed by atoms with Crippen molar-refractivity contribution < 1.29 is 17.9 Å². The molecule has 0 bridgehead atoms. The lowest BCUT2D eigenvalue weighted by Crippen LogP contribution is -2.31. The number of ether oxygens (including phenoxy) is 1. The molecule has 1 unspecified atom stereocenters. The number of rotatable bonds is 5. The fourth-order valence-electron chi connectivity index (χ4n) is 2.23. The molecule has 1 aromatic rings. The number of benzene rings is 1. The minimum absolute atomic E-state index is 0.0984. The van der Waals surface area contributed by atoms with Crippen LogP contribution in [0.1, 0.15) is 28.8 Å². The Kier molecular flexibility index (Phi) is 4.84. The number of nitrogens with one attached hydrogen (secondary N) is 2. The van der Waals surface area contributed by atoms with Crippen LogP contribution in [0.2, 0.25) is 0 Å². The fraction of sp³-hybridized carbons (Fsp3) is 0.500. The zero-order chi connectivity index (χ0) is 15.5. The number of hydrogen-bond donors (Lipinski definition) is 2. The molecule has 0 aromatic heterocycles. The van der Waals surface area contributed by atoms with Gasteiger partial charge in [-0.25, -0.2) is 8.42 Å². The van der Waals surface area contributed by atoms with E-state index in [1.807, 2.05) is 0 Å².